The first kappa shape index (κ1) is 9.69. The number of carboxylic acids is 1. The number of hydrogen-bond donors (Lipinski definition) is 1. The van der Waals surface area contributed by atoms with Crippen molar-refractivity contribution in [1.82, 2.24) is 0 Å². The van der Waals surface area contributed by atoms with Gasteiger partial charge in [-0.25, -0.2) is 0 Å². The number of ketones is 1. The van der Waals surface area contributed by atoms with Crippen LogP contribution in [0.15, 0.2) is 0 Å². The number of fused-ring (bicyclic) bond motifs is 1. The standard InChI is InChI=1S/C11H16O3/c1-7(12)6-11(10(13)14)8-4-2-3-5-9(8)11/h8-9H,2-6H2,1H3,(H,13,14)/t8-,9+,11?. The lowest BCUT2D eigenvalue weighted by atomic mass is 9.95. The summed E-state index contributed by atoms with van der Waals surface area (Å²) in [4.78, 5) is 22.3. The van der Waals surface area contributed by atoms with Crippen molar-refractivity contribution < 1.29 is 14.7 Å². The van der Waals surface area contributed by atoms with Gasteiger partial charge in [0.05, 0.1) is 5.41 Å². The van der Waals surface area contributed by atoms with E-state index in [1.165, 1.54) is 6.92 Å². The summed E-state index contributed by atoms with van der Waals surface area (Å²) in [6, 6.07) is 0. The molecule has 3 heteroatoms. The Bertz CT molecular complexity index is 270. The molecule has 0 aliphatic heterocycles. The number of aliphatic carboxylic acids is 1. The second-order valence-corrected chi connectivity index (χ2v) is 4.72. The van der Waals surface area contributed by atoms with Gasteiger partial charge in [0.25, 0.3) is 0 Å². The molecule has 0 radical (unpaired) electrons. The van der Waals surface area contributed by atoms with E-state index in [2.05, 4.69) is 0 Å². The molecule has 78 valence electrons. The van der Waals surface area contributed by atoms with Gasteiger partial charge in [-0.05, 0) is 31.6 Å². The van der Waals surface area contributed by atoms with Crippen molar-refractivity contribution >= 4 is 11.8 Å². The molecular formula is C11H16O3. The third kappa shape index (κ3) is 1.18. The van der Waals surface area contributed by atoms with Crippen molar-refractivity contribution in [2.45, 2.75) is 39.0 Å². The van der Waals surface area contributed by atoms with E-state index in [-0.39, 0.29) is 24.0 Å². The predicted molar refractivity (Wildman–Crippen MR) is 50.8 cm³/mol. The molecule has 0 aromatic heterocycles. The normalized spacial score (nSPS) is 40.1. The zero-order valence-electron chi connectivity index (χ0n) is 8.45. The third-order valence-electron chi connectivity index (χ3n) is 3.92. The molecule has 0 bridgehead atoms. The molecule has 2 aliphatic carbocycles. The minimum Gasteiger partial charge on any atom is -0.481 e. The largest absolute Gasteiger partial charge is 0.481 e. The summed E-state index contributed by atoms with van der Waals surface area (Å²) in [5.74, 6) is -0.151. The predicted octanol–water partition coefficient (Wildman–Crippen LogP) is 1.86. The molecule has 2 aliphatic rings. The Balaban J connectivity index is 2.17. The Morgan fingerprint density at radius 2 is 1.79 bits per heavy atom. The van der Waals surface area contributed by atoms with Gasteiger partial charge in [0.15, 0.2) is 0 Å². The Hall–Kier alpha value is -0.860. The average molecular weight is 196 g/mol. The van der Waals surface area contributed by atoms with E-state index in [0.29, 0.717) is 0 Å². The van der Waals surface area contributed by atoms with Crippen molar-refractivity contribution in [3.8, 4) is 0 Å². The second-order valence-electron chi connectivity index (χ2n) is 4.72. The summed E-state index contributed by atoms with van der Waals surface area (Å²) in [6.07, 6.45) is 4.52. The fourth-order valence-electron chi connectivity index (χ4n) is 3.32. The minimum absolute atomic E-state index is 0.0156. The van der Waals surface area contributed by atoms with Crippen LogP contribution in [-0.4, -0.2) is 16.9 Å². The van der Waals surface area contributed by atoms with Crippen molar-refractivity contribution in [2.75, 3.05) is 0 Å². The van der Waals surface area contributed by atoms with Gasteiger partial charge < -0.3 is 5.11 Å². The van der Waals surface area contributed by atoms with Gasteiger partial charge in [0, 0.05) is 6.42 Å². The molecule has 0 heterocycles. The van der Waals surface area contributed by atoms with E-state index in [0.717, 1.165) is 25.7 Å². The Labute approximate surface area is 83.5 Å². The highest BCUT2D eigenvalue weighted by Gasteiger charge is 2.69. The molecule has 0 aromatic rings. The van der Waals surface area contributed by atoms with Crippen LogP contribution in [0.4, 0.5) is 0 Å². The molecule has 0 spiro atoms. The molecule has 0 amide bonds. The topological polar surface area (TPSA) is 54.4 Å². The molecule has 0 aromatic carbocycles. The lowest BCUT2D eigenvalue weighted by Crippen LogP contribution is -2.22. The lowest BCUT2D eigenvalue weighted by Gasteiger charge is -2.09. The van der Waals surface area contributed by atoms with Gasteiger partial charge >= 0.3 is 5.97 Å². The number of hydrogen-bond acceptors (Lipinski definition) is 2. The number of carbonyl (C=O) groups excluding carboxylic acids is 1. The van der Waals surface area contributed by atoms with Crippen LogP contribution >= 0.6 is 0 Å². The van der Waals surface area contributed by atoms with Gasteiger partial charge in [0.1, 0.15) is 5.78 Å². The van der Waals surface area contributed by atoms with Crippen LogP contribution in [0, 0.1) is 17.3 Å². The fraction of sp³-hybridized carbons (Fsp3) is 0.818. The first-order valence-electron chi connectivity index (χ1n) is 5.32. The van der Waals surface area contributed by atoms with E-state index in [4.69, 9.17) is 0 Å². The van der Waals surface area contributed by atoms with Crippen molar-refractivity contribution in [1.29, 1.82) is 0 Å². The lowest BCUT2D eigenvalue weighted by molar-refractivity contribution is -0.146. The quantitative estimate of drug-likeness (QED) is 0.749. The van der Waals surface area contributed by atoms with Crippen LogP contribution < -0.4 is 0 Å². The van der Waals surface area contributed by atoms with E-state index < -0.39 is 11.4 Å². The third-order valence-corrected chi connectivity index (χ3v) is 3.92. The Morgan fingerprint density at radius 1 is 1.29 bits per heavy atom. The smallest absolute Gasteiger partial charge is 0.310 e. The molecule has 1 N–H and O–H groups in total. The monoisotopic (exact) mass is 196 g/mol. The van der Waals surface area contributed by atoms with Gasteiger partial charge in [-0.1, -0.05) is 12.8 Å². The summed E-state index contributed by atoms with van der Waals surface area (Å²) in [5.41, 5.74) is -0.664. The van der Waals surface area contributed by atoms with Crippen LogP contribution in [-0.2, 0) is 9.59 Å². The highest BCUT2D eigenvalue weighted by Crippen LogP contribution is 2.67. The maximum atomic E-state index is 11.2. The van der Waals surface area contributed by atoms with Crippen molar-refractivity contribution in [3.63, 3.8) is 0 Å². The summed E-state index contributed by atoms with van der Waals surface area (Å²) in [6.45, 7) is 1.50. The molecule has 2 fully saturated rings. The second kappa shape index (κ2) is 3.07. The number of carbonyl (C=O) groups is 2. The number of rotatable bonds is 3. The van der Waals surface area contributed by atoms with Crippen LogP contribution in [0.25, 0.3) is 0 Å². The van der Waals surface area contributed by atoms with Gasteiger partial charge in [-0.2, -0.15) is 0 Å². The van der Waals surface area contributed by atoms with Crippen LogP contribution in [0.3, 0.4) is 0 Å². The SMILES string of the molecule is CC(=O)CC1(C(=O)O)[C@@H]2CCCC[C@@H]21. The van der Waals surface area contributed by atoms with E-state index >= 15 is 0 Å². The molecule has 1 unspecified atom stereocenters. The van der Waals surface area contributed by atoms with E-state index in [1.54, 1.807) is 0 Å². The van der Waals surface area contributed by atoms with Gasteiger partial charge in [-0.3, -0.25) is 9.59 Å². The molecule has 3 nitrogen and oxygen atoms in total. The fourth-order valence-corrected chi connectivity index (χ4v) is 3.32. The maximum Gasteiger partial charge on any atom is 0.310 e. The maximum absolute atomic E-state index is 11.2. The van der Waals surface area contributed by atoms with Crippen LogP contribution in [0.2, 0.25) is 0 Å². The summed E-state index contributed by atoms with van der Waals surface area (Å²) in [7, 11) is 0. The van der Waals surface area contributed by atoms with Crippen LogP contribution in [0.5, 0.6) is 0 Å². The zero-order valence-corrected chi connectivity index (χ0v) is 8.45. The minimum atomic E-state index is -0.746. The first-order chi connectivity index (χ1) is 6.59. The molecule has 2 rings (SSSR count). The van der Waals surface area contributed by atoms with Gasteiger partial charge in [-0.15, -0.1) is 0 Å². The summed E-state index contributed by atoms with van der Waals surface area (Å²) in [5, 5.41) is 9.23. The van der Waals surface area contributed by atoms with E-state index in [9.17, 15) is 14.7 Å². The number of Topliss-reactive ketones (excluding diaryl/α,β-unsaturated/α-hetero) is 1. The highest BCUT2D eigenvalue weighted by atomic mass is 16.4. The van der Waals surface area contributed by atoms with Crippen LogP contribution in [0.1, 0.15) is 39.0 Å². The number of carboxylic acid groups (broad SMARTS) is 1. The highest BCUT2D eigenvalue weighted by molar-refractivity contribution is 5.88. The molecule has 14 heavy (non-hydrogen) atoms. The van der Waals surface area contributed by atoms with E-state index in [1.807, 2.05) is 0 Å². The molecule has 0 saturated heterocycles. The van der Waals surface area contributed by atoms with Crippen molar-refractivity contribution in [2.24, 2.45) is 17.3 Å². The molecule has 2 saturated carbocycles. The zero-order chi connectivity index (χ0) is 10.3. The molecular weight excluding hydrogens is 180 g/mol. The first-order valence-corrected chi connectivity index (χ1v) is 5.32. The molecule has 3 atom stereocenters. The Kier molecular flexibility index (Phi) is 2.13. The van der Waals surface area contributed by atoms with Gasteiger partial charge in [0.2, 0.25) is 0 Å². The summed E-state index contributed by atoms with van der Waals surface area (Å²) >= 11 is 0. The summed E-state index contributed by atoms with van der Waals surface area (Å²) < 4.78 is 0. The average Bonchev–Trinajstić information content (AvgIpc) is 2.75. The van der Waals surface area contributed by atoms with Crippen molar-refractivity contribution in [3.05, 3.63) is 0 Å². The Morgan fingerprint density at radius 3 is 2.14 bits per heavy atom.